The number of hydrogen-bond acceptors (Lipinski definition) is 10. The summed E-state index contributed by atoms with van der Waals surface area (Å²) in [7, 11) is 0. The van der Waals surface area contributed by atoms with Gasteiger partial charge in [-0.15, -0.1) is 6.58 Å². The van der Waals surface area contributed by atoms with Crippen molar-refractivity contribution < 1.29 is 33.3 Å². The second kappa shape index (κ2) is 11.6. The summed E-state index contributed by atoms with van der Waals surface area (Å²) >= 11 is 1.30. The SMILES string of the molecule is C=CCNC1=NC[C@@H](OC(C)=O)[C@H](OC(C)=O)[C@@H](COC(C)=O)OC(C)S1. The molecule has 1 heterocycles. The van der Waals surface area contributed by atoms with Gasteiger partial charge >= 0.3 is 17.9 Å². The number of rotatable bonds is 6. The van der Waals surface area contributed by atoms with E-state index in [-0.39, 0.29) is 13.2 Å². The molecule has 0 aromatic carbocycles. The molecular formula is C17H26N2O7S. The van der Waals surface area contributed by atoms with Gasteiger partial charge in [0.05, 0.1) is 6.54 Å². The first-order valence-corrected chi connectivity index (χ1v) is 9.30. The fourth-order valence-electron chi connectivity index (χ4n) is 2.31. The van der Waals surface area contributed by atoms with Crippen LogP contribution in [0.4, 0.5) is 0 Å². The number of aliphatic imine (C=N–C) groups is 1. The summed E-state index contributed by atoms with van der Waals surface area (Å²) in [6, 6.07) is 0. The molecule has 0 aliphatic carbocycles. The van der Waals surface area contributed by atoms with Gasteiger partial charge in [-0.05, 0) is 6.92 Å². The molecule has 0 spiro atoms. The summed E-state index contributed by atoms with van der Waals surface area (Å²) < 4.78 is 21.7. The van der Waals surface area contributed by atoms with Crippen LogP contribution < -0.4 is 5.32 Å². The molecule has 0 saturated carbocycles. The standard InChI is InChI=1S/C17H26N2O7S/c1-6-7-18-17-19-8-14(24-11(3)21)16(25-12(4)22)15(9-23-10(2)20)26-13(5)27-17/h6,13-16H,1,7-9H2,2-5H3,(H,18,19)/t13?,14-,15-,16+/m1/s1. The van der Waals surface area contributed by atoms with Crippen LogP contribution in [0, 0.1) is 0 Å². The first kappa shape index (κ1) is 23.0. The van der Waals surface area contributed by atoms with E-state index in [0.717, 1.165) is 0 Å². The van der Waals surface area contributed by atoms with Crippen molar-refractivity contribution in [2.45, 2.75) is 51.4 Å². The molecule has 0 aromatic heterocycles. The third-order valence-corrected chi connectivity index (χ3v) is 4.20. The van der Waals surface area contributed by atoms with Crippen LogP contribution >= 0.6 is 11.8 Å². The Morgan fingerprint density at radius 2 is 1.93 bits per heavy atom. The molecule has 0 amide bonds. The van der Waals surface area contributed by atoms with Crippen LogP contribution in [0.15, 0.2) is 17.6 Å². The Morgan fingerprint density at radius 3 is 2.48 bits per heavy atom. The molecule has 1 rings (SSSR count). The highest BCUT2D eigenvalue weighted by Crippen LogP contribution is 2.23. The lowest BCUT2D eigenvalue weighted by atomic mass is 10.1. The lowest BCUT2D eigenvalue weighted by Gasteiger charge is -2.31. The minimum Gasteiger partial charge on any atom is -0.463 e. The molecule has 0 aromatic rings. The lowest BCUT2D eigenvalue weighted by molar-refractivity contribution is -0.184. The van der Waals surface area contributed by atoms with Gasteiger partial charge in [-0.3, -0.25) is 19.4 Å². The number of esters is 3. The largest absolute Gasteiger partial charge is 0.463 e. The van der Waals surface area contributed by atoms with Crippen LogP contribution in [0.1, 0.15) is 27.7 Å². The first-order chi connectivity index (χ1) is 12.7. The molecular weight excluding hydrogens is 376 g/mol. The zero-order valence-corrected chi connectivity index (χ0v) is 16.7. The molecule has 0 saturated heterocycles. The smallest absolute Gasteiger partial charge is 0.303 e. The Bertz CT molecular complexity index is 582. The third kappa shape index (κ3) is 8.91. The van der Waals surface area contributed by atoms with Crippen molar-refractivity contribution in [2.75, 3.05) is 19.7 Å². The second-order valence-electron chi connectivity index (χ2n) is 5.70. The maximum Gasteiger partial charge on any atom is 0.303 e. The van der Waals surface area contributed by atoms with Crippen molar-refractivity contribution in [1.82, 2.24) is 5.32 Å². The summed E-state index contributed by atoms with van der Waals surface area (Å²) in [6.45, 7) is 9.54. The van der Waals surface area contributed by atoms with Gasteiger partial charge in [0.25, 0.3) is 0 Å². The molecule has 1 unspecified atom stereocenters. The van der Waals surface area contributed by atoms with Crippen molar-refractivity contribution in [3.05, 3.63) is 12.7 Å². The molecule has 9 nitrogen and oxygen atoms in total. The van der Waals surface area contributed by atoms with Crippen molar-refractivity contribution in [2.24, 2.45) is 4.99 Å². The first-order valence-electron chi connectivity index (χ1n) is 8.42. The van der Waals surface area contributed by atoms with Crippen molar-refractivity contribution in [3.8, 4) is 0 Å². The topological polar surface area (TPSA) is 113 Å². The van der Waals surface area contributed by atoms with E-state index < -0.39 is 41.7 Å². The van der Waals surface area contributed by atoms with Gasteiger partial charge in [0.15, 0.2) is 17.4 Å². The molecule has 27 heavy (non-hydrogen) atoms. The second-order valence-corrected chi connectivity index (χ2v) is 6.99. The van der Waals surface area contributed by atoms with Gasteiger partial charge in [-0.25, -0.2) is 0 Å². The zero-order valence-electron chi connectivity index (χ0n) is 15.9. The van der Waals surface area contributed by atoms with Crippen LogP contribution in [-0.2, 0) is 33.3 Å². The highest BCUT2D eigenvalue weighted by atomic mass is 32.2. The monoisotopic (exact) mass is 402 g/mol. The van der Waals surface area contributed by atoms with Gasteiger partial charge < -0.3 is 24.3 Å². The van der Waals surface area contributed by atoms with E-state index in [2.05, 4.69) is 16.9 Å². The Hall–Kier alpha value is -2.07. The van der Waals surface area contributed by atoms with E-state index in [1.807, 2.05) is 0 Å². The fourth-order valence-corrected chi connectivity index (χ4v) is 3.14. The summed E-state index contributed by atoms with van der Waals surface area (Å²) in [6.07, 6.45) is -1.05. The van der Waals surface area contributed by atoms with Crippen molar-refractivity contribution in [1.29, 1.82) is 0 Å². The molecule has 0 fully saturated rings. The maximum atomic E-state index is 11.6. The molecule has 1 aliphatic rings. The molecule has 4 atom stereocenters. The summed E-state index contributed by atoms with van der Waals surface area (Å²) in [5.74, 6) is -1.64. The Morgan fingerprint density at radius 1 is 1.26 bits per heavy atom. The number of ether oxygens (including phenoxy) is 4. The average molecular weight is 402 g/mol. The van der Waals surface area contributed by atoms with E-state index in [1.54, 1.807) is 13.0 Å². The average Bonchev–Trinajstić information content (AvgIpc) is 2.61. The van der Waals surface area contributed by atoms with Gasteiger partial charge in [0.2, 0.25) is 0 Å². The van der Waals surface area contributed by atoms with E-state index in [0.29, 0.717) is 11.7 Å². The van der Waals surface area contributed by atoms with Crippen LogP contribution in [0.25, 0.3) is 0 Å². The van der Waals surface area contributed by atoms with Gasteiger partial charge in [0.1, 0.15) is 18.1 Å². The number of hydrogen-bond donors (Lipinski definition) is 1. The molecule has 10 heteroatoms. The minimum absolute atomic E-state index is 0.0383. The maximum absolute atomic E-state index is 11.6. The molecule has 1 aliphatic heterocycles. The molecule has 0 bridgehead atoms. The van der Waals surface area contributed by atoms with Gasteiger partial charge in [-0.2, -0.15) is 0 Å². The summed E-state index contributed by atoms with van der Waals surface area (Å²) in [4.78, 5) is 38.8. The molecule has 1 N–H and O–H groups in total. The van der Waals surface area contributed by atoms with Gasteiger partial charge in [0, 0.05) is 27.3 Å². The number of thioether (sulfide) groups is 1. The molecule has 152 valence electrons. The van der Waals surface area contributed by atoms with Crippen molar-refractivity contribution in [3.63, 3.8) is 0 Å². The normalized spacial score (nSPS) is 25.7. The van der Waals surface area contributed by atoms with E-state index in [9.17, 15) is 14.4 Å². The van der Waals surface area contributed by atoms with Crippen molar-refractivity contribution >= 4 is 34.8 Å². The van der Waals surface area contributed by atoms with Gasteiger partial charge in [-0.1, -0.05) is 17.8 Å². The minimum atomic E-state index is -0.990. The van der Waals surface area contributed by atoms with E-state index in [1.165, 1.54) is 32.5 Å². The quantitative estimate of drug-likeness (QED) is 0.395. The number of nitrogens with one attached hydrogen (secondary N) is 1. The van der Waals surface area contributed by atoms with Crippen LogP contribution in [-0.4, -0.2) is 66.5 Å². The Balaban J connectivity index is 3.17. The molecule has 0 radical (unpaired) electrons. The summed E-state index contributed by atoms with van der Waals surface area (Å²) in [5.41, 5.74) is -0.407. The van der Waals surface area contributed by atoms with Crippen LogP contribution in [0.2, 0.25) is 0 Å². The highest BCUT2D eigenvalue weighted by molar-refractivity contribution is 8.14. The number of carbonyl (C=O) groups excluding carboxylic acids is 3. The summed E-state index contributed by atoms with van der Waals surface area (Å²) in [5, 5.41) is 3.64. The third-order valence-electron chi connectivity index (χ3n) is 3.26. The Kier molecular flexibility index (Phi) is 9.87. The Labute approximate surface area is 162 Å². The lowest BCUT2D eigenvalue weighted by Crippen LogP contribution is -2.48. The highest BCUT2D eigenvalue weighted by Gasteiger charge is 2.38. The number of carbonyl (C=O) groups is 3. The van der Waals surface area contributed by atoms with E-state index in [4.69, 9.17) is 18.9 Å². The number of nitrogens with zero attached hydrogens (tertiary/aromatic N) is 1. The fraction of sp³-hybridized carbons (Fsp3) is 0.647. The van der Waals surface area contributed by atoms with E-state index >= 15 is 0 Å². The predicted octanol–water partition coefficient (Wildman–Crippen LogP) is 1.02. The predicted molar refractivity (Wildman–Crippen MR) is 100 cm³/mol. The number of amidine groups is 1. The van der Waals surface area contributed by atoms with Crippen LogP contribution in [0.3, 0.4) is 0 Å². The van der Waals surface area contributed by atoms with Crippen LogP contribution in [0.5, 0.6) is 0 Å². The zero-order chi connectivity index (χ0) is 20.4.